The number of hydrogen-bond acceptors (Lipinski definition) is 3. The molecule has 4 heteroatoms. The van der Waals surface area contributed by atoms with E-state index in [1.54, 1.807) is 6.07 Å². The maximum Gasteiger partial charge on any atom is 0.0740 e. The standard InChI is InChI=1S/C19H24ClN3/c20-16-10-11-18(22)17(14-16)19(15-8-4-3-5-9-15)23-13-7-2-1-6-12-21/h3-5,8-11,14H,1-2,6-7,12-13,21-22H2. The van der Waals surface area contributed by atoms with Gasteiger partial charge in [0.1, 0.15) is 0 Å². The summed E-state index contributed by atoms with van der Waals surface area (Å²) < 4.78 is 0. The molecule has 0 aliphatic carbocycles. The van der Waals surface area contributed by atoms with Gasteiger partial charge in [-0.2, -0.15) is 0 Å². The SMILES string of the molecule is NCCCCCCN=C(c1ccccc1)c1cc(Cl)ccc1N. The molecular formula is C19H24ClN3. The van der Waals surface area contributed by atoms with Gasteiger partial charge >= 0.3 is 0 Å². The van der Waals surface area contributed by atoms with Gasteiger partial charge < -0.3 is 11.5 Å². The number of benzene rings is 2. The Morgan fingerprint density at radius 2 is 1.70 bits per heavy atom. The first-order valence-corrected chi connectivity index (χ1v) is 8.45. The number of unbranched alkanes of at least 4 members (excludes halogenated alkanes) is 3. The van der Waals surface area contributed by atoms with E-state index >= 15 is 0 Å². The van der Waals surface area contributed by atoms with Gasteiger partial charge in [-0.15, -0.1) is 0 Å². The molecule has 3 nitrogen and oxygen atoms in total. The second-order valence-electron chi connectivity index (χ2n) is 5.53. The molecule has 0 aromatic heterocycles. The van der Waals surface area contributed by atoms with Crippen LogP contribution in [0.4, 0.5) is 5.69 Å². The molecule has 0 radical (unpaired) electrons. The number of nitrogens with two attached hydrogens (primary N) is 2. The van der Waals surface area contributed by atoms with E-state index in [2.05, 4.69) is 0 Å². The Hall–Kier alpha value is -1.84. The highest BCUT2D eigenvalue weighted by atomic mass is 35.5. The summed E-state index contributed by atoms with van der Waals surface area (Å²) in [6.45, 7) is 1.54. The second-order valence-corrected chi connectivity index (χ2v) is 5.97. The van der Waals surface area contributed by atoms with Crippen molar-refractivity contribution < 1.29 is 0 Å². The van der Waals surface area contributed by atoms with E-state index in [1.165, 1.54) is 0 Å². The molecule has 2 aromatic rings. The smallest absolute Gasteiger partial charge is 0.0740 e. The predicted octanol–water partition coefficient (Wildman–Crippen LogP) is 4.28. The first kappa shape index (κ1) is 17.5. The fourth-order valence-electron chi connectivity index (χ4n) is 2.46. The average Bonchev–Trinajstić information content (AvgIpc) is 2.58. The summed E-state index contributed by atoms with van der Waals surface area (Å²) in [5.41, 5.74) is 15.2. The first-order valence-electron chi connectivity index (χ1n) is 8.07. The number of anilines is 1. The zero-order valence-electron chi connectivity index (χ0n) is 13.3. The summed E-state index contributed by atoms with van der Waals surface area (Å²) >= 11 is 6.14. The maximum absolute atomic E-state index is 6.14. The van der Waals surface area contributed by atoms with Gasteiger partial charge in [-0.25, -0.2) is 0 Å². The average molecular weight is 330 g/mol. The van der Waals surface area contributed by atoms with Gasteiger partial charge in [0.25, 0.3) is 0 Å². The topological polar surface area (TPSA) is 64.4 Å². The summed E-state index contributed by atoms with van der Waals surface area (Å²) in [5, 5.41) is 0.667. The normalized spacial score (nSPS) is 11.7. The van der Waals surface area contributed by atoms with Crippen LogP contribution in [0.3, 0.4) is 0 Å². The highest BCUT2D eigenvalue weighted by molar-refractivity contribution is 6.31. The van der Waals surface area contributed by atoms with E-state index in [0.717, 1.165) is 55.6 Å². The number of nitrogen functional groups attached to an aromatic ring is 1. The highest BCUT2D eigenvalue weighted by Gasteiger charge is 2.10. The Bertz CT molecular complexity index is 638. The third-order valence-corrected chi connectivity index (χ3v) is 3.93. The second kappa shape index (κ2) is 9.33. The fourth-order valence-corrected chi connectivity index (χ4v) is 2.63. The van der Waals surface area contributed by atoms with Crippen LogP contribution in [0.15, 0.2) is 53.5 Å². The monoisotopic (exact) mass is 329 g/mol. The third kappa shape index (κ3) is 5.38. The molecule has 0 bridgehead atoms. The van der Waals surface area contributed by atoms with Crippen LogP contribution in [0.25, 0.3) is 0 Å². The van der Waals surface area contributed by atoms with Crippen molar-refractivity contribution in [1.29, 1.82) is 0 Å². The van der Waals surface area contributed by atoms with E-state index in [9.17, 15) is 0 Å². The van der Waals surface area contributed by atoms with Gasteiger partial charge in [0.15, 0.2) is 0 Å². The van der Waals surface area contributed by atoms with Gasteiger partial charge in [0, 0.05) is 28.4 Å². The van der Waals surface area contributed by atoms with Crippen molar-refractivity contribution in [3.63, 3.8) is 0 Å². The molecular weight excluding hydrogens is 306 g/mol. The lowest BCUT2D eigenvalue weighted by Crippen LogP contribution is -2.08. The first-order chi connectivity index (χ1) is 11.2. The van der Waals surface area contributed by atoms with Crippen LogP contribution in [0.5, 0.6) is 0 Å². The summed E-state index contributed by atoms with van der Waals surface area (Å²) in [4.78, 5) is 4.81. The van der Waals surface area contributed by atoms with Crippen LogP contribution in [0, 0.1) is 0 Å². The van der Waals surface area contributed by atoms with Crippen LogP contribution in [-0.4, -0.2) is 18.8 Å². The minimum absolute atomic E-state index is 0.667. The molecule has 2 rings (SSSR count). The van der Waals surface area contributed by atoms with Crippen molar-refractivity contribution in [2.24, 2.45) is 10.7 Å². The van der Waals surface area contributed by atoms with Gasteiger partial charge in [-0.3, -0.25) is 4.99 Å². The van der Waals surface area contributed by atoms with Gasteiger partial charge in [0.05, 0.1) is 5.71 Å². The zero-order chi connectivity index (χ0) is 16.5. The number of nitrogens with zero attached hydrogens (tertiary/aromatic N) is 1. The van der Waals surface area contributed by atoms with Gasteiger partial charge in [-0.1, -0.05) is 54.8 Å². The molecule has 0 saturated heterocycles. The van der Waals surface area contributed by atoms with E-state index in [1.807, 2.05) is 42.5 Å². The van der Waals surface area contributed by atoms with Gasteiger partial charge in [-0.05, 0) is 37.6 Å². The molecule has 4 N–H and O–H groups in total. The molecule has 0 saturated carbocycles. The minimum Gasteiger partial charge on any atom is -0.398 e. The van der Waals surface area contributed by atoms with Crippen molar-refractivity contribution in [2.75, 3.05) is 18.8 Å². The van der Waals surface area contributed by atoms with E-state index in [0.29, 0.717) is 10.7 Å². The Labute approximate surface area is 143 Å². The minimum atomic E-state index is 0.667. The van der Waals surface area contributed by atoms with Crippen molar-refractivity contribution in [1.82, 2.24) is 0 Å². The quantitative estimate of drug-likeness (QED) is 0.431. The number of aliphatic imine (C=N–C) groups is 1. The fraction of sp³-hybridized carbons (Fsp3) is 0.316. The lowest BCUT2D eigenvalue weighted by molar-refractivity contribution is 0.654. The summed E-state index contributed by atoms with van der Waals surface area (Å²) in [7, 11) is 0. The molecule has 0 aliphatic rings. The summed E-state index contributed by atoms with van der Waals surface area (Å²) in [6.07, 6.45) is 4.44. The Morgan fingerprint density at radius 1 is 0.957 bits per heavy atom. The zero-order valence-corrected chi connectivity index (χ0v) is 14.1. The van der Waals surface area contributed by atoms with Crippen LogP contribution in [-0.2, 0) is 0 Å². The largest absolute Gasteiger partial charge is 0.398 e. The van der Waals surface area contributed by atoms with Crippen LogP contribution < -0.4 is 11.5 Å². The van der Waals surface area contributed by atoms with Crippen LogP contribution in [0.1, 0.15) is 36.8 Å². The van der Waals surface area contributed by atoms with Crippen LogP contribution in [0.2, 0.25) is 5.02 Å². The van der Waals surface area contributed by atoms with Gasteiger partial charge in [0.2, 0.25) is 0 Å². The maximum atomic E-state index is 6.14. The Balaban J connectivity index is 2.21. The summed E-state index contributed by atoms with van der Waals surface area (Å²) in [6, 6.07) is 15.6. The number of hydrogen-bond donors (Lipinski definition) is 2. The lowest BCUT2D eigenvalue weighted by atomic mass is 10.0. The third-order valence-electron chi connectivity index (χ3n) is 3.70. The van der Waals surface area contributed by atoms with Crippen molar-refractivity contribution in [3.8, 4) is 0 Å². The lowest BCUT2D eigenvalue weighted by Gasteiger charge is -2.11. The van der Waals surface area contributed by atoms with E-state index in [4.69, 9.17) is 28.1 Å². The van der Waals surface area contributed by atoms with Crippen molar-refractivity contribution in [3.05, 3.63) is 64.7 Å². The molecule has 122 valence electrons. The molecule has 0 unspecified atom stereocenters. The van der Waals surface area contributed by atoms with Crippen LogP contribution >= 0.6 is 11.6 Å². The summed E-state index contributed by atoms with van der Waals surface area (Å²) in [5.74, 6) is 0. The Kier molecular flexibility index (Phi) is 7.11. The van der Waals surface area contributed by atoms with E-state index < -0.39 is 0 Å². The van der Waals surface area contributed by atoms with Crippen molar-refractivity contribution >= 4 is 23.0 Å². The number of rotatable bonds is 8. The highest BCUT2D eigenvalue weighted by Crippen LogP contribution is 2.22. The van der Waals surface area contributed by atoms with Crippen molar-refractivity contribution in [2.45, 2.75) is 25.7 Å². The molecule has 0 spiro atoms. The molecule has 0 atom stereocenters. The molecule has 0 heterocycles. The molecule has 0 aliphatic heterocycles. The molecule has 2 aromatic carbocycles. The van der Waals surface area contributed by atoms with E-state index in [-0.39, 0.29) is 0 Å². The Morgan fingerprint density at radius 3 is 2.43 bits per heavy atom. The predicted molar refractivity (Wildman–Crippen MR) is 100 cm³/mol. The number of halogens is 1. The molecule has 0 amide bonds. The molecule has 23 heavy (non-hydrogen) atoms. The molecule has 0 fully saturated rings.